The molecule has 0 aromatic heterocycles. The monoisotopic (exact) mass is 323 g/mol. The molecule has 0 atom stereocenters. The highest BCUT2D eigenvalue weighted by Gasteiger charge is 2.20. The van der Waals surface area contributed by atoms with Crippen LogP contribution in [0.5, 0.6) is 0 Å². The fourth-order valence-corrected chi connectivity index (χ4v) is 3.04. The van der Waals surface area contributed by atoms with Gasteiger partial charge in [-0.1, -0.05) is 48.5 Å². The third kappa shape index (κ3) is 5.10. The van der Waals surface area contributed by atoms with E-state index in [1.807, 2.05) is 36.4 Å². The van der Waals surface area contributed by atoms with Crippen LogP contribution in [0.25, 0.3) is 0 Å². The summed E-state index contributed by atoms with van der Waals surface area (Å²) in [6, 6.07) is 20.9. The summed E-state index contributed by atoms with van der Waals surface area (Å²) in [5.74, 6) is 0.105. The number of amides is 1. The standard InChI is InChI=1S/C20H25N3O/c24-20(12-11-17-7-3-1-4-8-17)22-23-15-13-19(14-16-23)21-18-9-5-2-6-10-18/h1-10,19,21H,11-16H2,(H,22,24). The van der Waals surface area contributed by atoms with Gasteiger partial charge in [0, 0.05) is 31.2 Å². The Balaban J connectivity index is 1.36. The molecule has 2 aromatic carbocycles. The van der Waals surface area contributed by atoms with Crippen LogP contribution in [-0.2, 0) is 11.2 Å². The average molecular weight is 323 g/mol. The quantitative estimate of drug-likeness (QED) is 0.858. The van der Waals surface area contributed by atoms with Crippen LogP contribution in [0, 0.1) is 0 Å². The normalized spacial score (nSPS) is 15.8. The van der Waals surface area contributed by atoms with Crippen molar-refractivity contribution in [3.63, 3.8) is 0 Å². The van der Waals surface area contributed by atoms with Crippen molar-refractivity contribution in [2.24, 2.45) is 0 Å². The van der Waals surface area contributed by atoms with Gasteiger partial charge in [-0.15, -0.1) is 0 Å². The lowest BCUT2D eigenvalue weighted by atomic mass is 10.1. The maximum Gasteiger partial charge on any atom is 0.234 e. The van der Waals surface area contributed by atoms with Gasteiger partial charge < -0.3 is 5.32 Å². The van der Waals surface area contributed by atoms with E-state index in [0.717, 1.165) is 32.4 Å². The van der Waals surface area contributed by atoms with E-state index in [-0.39, 0.29) is 5.91 Å². The number of nitrogens with zero attached hydrogens (tertiary/aromatic N) is 1. The molecule has 1 amide bonds. The van der Waals surface area contributed by atoms with Gasteiger partial charge in [-0.05, 0) is 37.0 Å². The zero-order valence-electron chi connectivity index (χ0n) is 13.9. The summed E-state index contributed by atoms with van der Waals surface area (Å²) in [5, 5.41) is 5.61. The number of hydrogen-bond donors (Lipinski definition) is 2. The van der Waals surface area contributed by atoms with E-state index in [0.29, 0.717) is 12.5 Å². The molecular formula is C20H25N3O. The number of hydrogen-bond acceptors (Lipinski definition) is 3. The van der Waals surface area contributed by atoms with Crippen LogP contribution in [0.1, 0.15) is 24.8 Å². The predicted molar refractivity (Wildman–Crippen MR) is 97.6 cm³/mol. The Morgan fingerprint density at radius 3 is 2.25 bits per heavy atom. The Kier molecular flexibility index (Phi) is 5.85. The Bertz CT molecular complexity index is 622. The zero-order chi connectivity index (χ0) is 16.6. The van der Waals surface area contributed by atoms with Crippen molar-refractivity contribution in [3.05, 3.63) is 66.2 Å². The number of rotatable bonds is 6. The van der Waals surface area contributed by atoms with Gasteiger partial charge in [0.1, 0.15) is 0 Å². The second-order valence-corrected chi connectivity index (χ2v) is 6.29. The average Bonchev–Trinajstić information content (AvgIpc) is 2.63. The molecule has 1 aliphatic rings. The first kappa shape index (κ1) is 16.5. The van der Waals surface area contributed by atoms with Crippen LogP contribution < -0.4 is 10.7 Å². The van der Waals surface area contributed by atoms with Crippen molar-refractivity contribution < 1.29 is 4.79 Å². The van der Waals surface area contributed by atoms with Gasteiger partial charge in [-0.25, -0.2) is 5.01 Å². The number of anilines is 1. The molecule has 0 aliphatic carbocycles. The molecule has 0 radical (unpaired) electrons. The molecule has 2 aromatic rings. The van der Waals surface area contributed by atoms with Crippen molar-refractivity contribution >= 4 is 11.6 Å². The molecule has 3 rings (SSSR count). The maximum atomic E-state index is 12.1. The van der Waals surface area contributed by atoms with Gasteiger partial charge in [0.15, 0.2) is 0 Å². The number of benzene rings is 2. The van der Waals surface area contributed by atoms with Crippen LogP contribution in [0.4, 0.5) is 5.69 Å². The molecule has 4 nitrogen and oxygen atoms in total. The fourth-order valence-electron chi connectivity index (χ4n) is 3.04. The van der Waals surface area contributed by atoms with Crippen LogP contribution in [0.3, 0.4) is 0 Å². The largest absolute Gasteiger partial charge is 0.382 e. The SMILES string of the molecule is O=C(CCc1ccccc1)NN1CCC(Nc2ccccc2)CC1. The Labute approximate surface area is 143 Å². The predicted octanol–water partition coefficient (Wildman–Crippen LogP) is 3.23. The topological polar surface area (TPSA) is 44.4 Å². The molecule has 2 N–H and O–H groups in total. The minimum Gasteiger partial charge on any atom is -0.382 e. The van der Waals surface area contributed by atoms with E-state index in [9.17, 15) is 4.79 Å². The fraction of sp³-hybridized carbons (Fsp3) is 0.350. The number of piperidine rings is 1. The lowest BCUT2D eigenvalue weighted by Crippen LogP contribution is -2.48. The minimum atomic E-state index is 0.105. The third-order valence-corrected chi connectivity index (χ3v) is 4.41. The van der Waals surface area contributed by atoms with Crippen molar-refractivity contribution in [1.82, 2.24) is 10.4 Å². The second kappa shape index (κ2) is 8.50. The summed E-state index contributed by atoms with van der Waals surface area (Å²) in [5.41, 5.74) is 5.42. The Morgan fingerprint density at radius 1 is 0.958 bits per heavy atom. The summed E-state index contributed by atoms with van der Waals surface area (Å²) < 4.78 is 0. The van der Waals surface area contributed by atoms with Crippen LogP contribution in [0.2, 0.25) is 0 Å². The molecule has 4 heteroatoms. The highest BCUT2D eigenvalue weighted by molar-refractivity contribution is 5.75. The summed E-state index contributed by atoms with van der Waals surface area (Å²) >= 11 is 0. The van der Waals surface area contributed by atoms with Crippen LogP contribution in [-0.4, -0.2) is 30.0 Å². The summed E-state index contributed by atoms with van der Waals surface area (Å²) in [6.07, 6.45) is 3.40. The Morgan fingerprint density at radius 2 is 1.58 bits per heavy atom. The van der Waals surface area contributed by atoms with E-state index in [1.54, 1.807) is 0 Å². The highest BCUT2D eigenvalue weighted by Crippen LogP contribution is 2.15. The van der Waals surface area contributed by atoms with Gasteiger partial charge in [0.25, 0.3) is 0 Å². The first-order valence-electron chi connectivity index (χ1n) is 8.69. The van der Waals surface area contributed by atoms with E-state index in [1.165, 1.54) is 11.3 Å². The number of hydrazine groups is 1. The molecule has 0 saturated carbocycles. The molecule has 0 unspecified atom stereocenters. The van der Waals surface area contributed by atoms with Gasteiger partial charge in [-0.3, -0.25) is 10.2 Å². The van der Waals surface area contributed by atoms with Crippen molar-refractivity contribution in [3.8, 4) is 0 Å². The maximum absolute atomic E-state index is 12.1. The molecule has 126 valence electrons. The molecule has 0 bridgehead atoms. The number of aryl methyl sites for hydroxylation is 1. The van der Waals surface area contributed by atoms with Crippen LogP contribution >= 0.6 is 0 Å². The van der Waals surface area contributed by atoms with E-state index >= 15 is 0 Å². The molecule has 1 heterocycles. The molecule has 1 fully saturated rings. The van der Waals surface area contributed by atoms with Crippen molar-refractivity contribution in [1.29, 1.82) is 0 Å². The molecular weight excluding hydrogens is 298 g/mol. The Hall–Kier alpha value is -2.33. The summed E-state index contributed by atoms with van der Waals surface area (Å²) in [6.45, 7) is 1.78. The minimum absolute atomic E-state index is 0.105. The zero-order valence-corrected chi connectivity index (χ0v) is 13.9. The number of carbonyl (C=O) groups excluding carboxylic acids is 1. The summed E-state index contributed by atoms with van der Waals surface area (Å²) in [4.78, 5) is 12.1. The third-order valence-electron chi connectivity index (χ3n) is 4.41. The number of nitrogens with one attached hydrogen (secondary N) is 2. The van der Waals surface area contributed by atoms with Gasteiger partial charge in [-0.2, -0.15) is 0 Å². The van der Waals surface area contributed by atoms with Gasteiger partial charge in [0.05, 0.1) is 0 Å². The second-order valence-electron chi connectivity index (χ2n) is 6.29. The smallest absolute Gasteiger partial charge is 0.234 e. The van der Waals surface area contributed by atoms with Crippen molar-refractivity contribution in [2.75, 3.05) is 18.4 Å². The lowest BCUT2D eigenvalue weighted by molar-refractivity contribution is -0.126. The van der Waals surface area contributed by atoms with E-state index in [4.69, 9.17) is 0 Å². The number of carbonyl (C=O) groups is 1. The van der Waals surface area contributed by atoms with Gasteiger partial charge >= 0.3 is 0 Å². The first-order valence-corrected chi connectivity index (χ1v) is 8.69. The lowest BCUT2D eigenvalue weighted by Gasteiger charge is -2.32. The molecule has 24 heavy (non-hydrogen) atoms. The molecule has 1 saturated heterocycles. The highest BCUT2D eigenvalue weighted by atomic mass is 16.2. The summed E-state index contributed by atoms with van der Waals surface area (Å²) in [7, 11) is 0. The van der Waals surface area contributed by atoms with Crippen LogP contribution in [0.15, 0.2) is 60.7 Å². The van der Waals surface area contributed by atoms with E-state index in [2.05, 4.69) is 40.0 Å². The first-order chi connectivity index (χ1) is 11.8. The van der Waals surface area contributed by atoms with Crippen molar-refractivity contribution in [2.45, 2.75) is 31.7 Å². The molecule has 0 spiro atoms. The van der Waals surface area contributed by atoms with E-state index < -0.39 is 0 Å². The number of para-hydroxylation sites is 1. The van der Waals surface area contributed by atoms with Gasteiger partial charge in [0.2, 0.25) is 5.91 Å². The molecule has 1 aliphatic heterocycles.